The molecule has 0 fully saturated rings. The van der Waals surface area contributed by atoms with Gasteiger partial charge in [0.1, 0.15) is 0 Å². The Labute approximate surface area is 67.3 Å². The van der Waals surface area contributed by atoms with Crippen molar-refractivity contribution >= 4 is 5.69 Å². The van der Waals surface area contributed by atoms with Gasteiger partial charge in [-0.1, -0.05) is 18.2 Å². The van der Waals surface area contributed by atoms with Crippen LogP contribution in [0.15, 0.2) is 24.3 Å². The molecule has 1 aromatic carbocycles. The summed E-state index contributed by atoms with van der Waals surface area (Å²) in [4.78, 5) is 0. The van der Waals surface area contributed by atoms with Gasteiger partial charge in [-0.2, -0.15) is 5.26 Å². The molecule has 11 heavy (non-hydrogen) atoms. The Hall–Kier alpha value is -1.49. The Balaban J connectivity index is 0.000000292. The third-order valence-corrected chi connectivity index (χ3v) is 1.19. The Kier molecular flexibility index (Phi) is 4.59. The molecule has 0 heterocycles. The molecular weight excluding hydrogens is 136 g/mol. The van der Waals surface area contributed by atoms with Crippen LogP contribution in [0.5, 0.6) is 0 Å². The normalized spacial score (nSPS) is 7.36. The highest BCUT2D eigenvalue weighted by molar-refractivity contribution is 5.44. The van der Waals surface area contributed by atoms with Crippen molar-refractivity contribution in [1.82, 2.24) is 0 Å². The van der Waals surface area contributed by atoms with Gasteiger partial charge in [-0.15, -0.1) is 0 Å². The fourth-order valence-electron chi connectivity index (χ4n) is 0.587. The number of para-hydroxylation sites is 1. The van der Waals surface area contributed by atoms with Crippen molar-refractivity contribution in [2.24, 2.45) is 0 Å². The topological polar surface area (TPSA) is 49.8 Å². The van der Waals surface area contributed by atoms with Crippen molar-refractivity contribution < 1.29 is 0 Å². The summed E-state index contributed by atoms with van der Waals surface area (Å²) in [6, 6.07) is 9.55. The molecule has 0 radical (unpaired) electrons. The van der Waals surface area contributed by atoms with Crippen LogP contribution in [-0.4, -0.2) is 0 Å². The van der Waals surface area contributed by atoms with E-state index in [1.807, 2.05) is 31.2 Å². The quantitative estimate of drug-likeness (QED) is 0.573. The molecule has 0 aromatic heterocycles. The number of nitrogens with zero attached hydrogens (tertiary/aromatic N) is 1. The lowest BCUT2D eigenvalue weighted by molar-refractivity contribution is 1.47. The number of nitrogen functional groups attached to an aromatic ring is 1. The van der Waals surface area contributed by atoms with E-state index in [2.05, 4.69) is 0 Å². The highest BCUT2D eigenvalue weighted by atomic mass is 14.5. The van der Waals surface area contributed by atoms with Gasteiger partial charge in [-0.05, 0) is 18.6 Å². The number of hydrogen-bond donors (Lipinski definition) is 1. The summed E-state index contributed by atoms with van der Waals surface area (Å²) in [5.41, 5.74) is 7.53. The van der Waals surface area contributed by atoms with E-state index in [0.717, 1.165) is 11.3 Å². The van der Waals surface area contributed by atoms with Crippen LogP contribution in [0.1, 0.15) is 12.5 Å². The molecule has 2 nitrogen and oxygen atoms in total. The lowest BCUT2D eigenvalue weighted by atomic mass is 10.2. The zero-order chi connectivity index (χ0) is 8.69. The molecular formula is C9H12N2. The molecule has 0 aliphatic rings. The predicted molar refractivity (Wildman–Crippen MR) is 46.9 cm³/mol. The van der Waals surface area contributed by atoms with Gasteiger partial charge in [0.2, 0.25) is 0 Å². The number of hydrogen-bond acceptors (Lipinski definition) is 2. The van der Waals surface area contributed by atoms with Crippen LogP contribution in [0.2, 0.25) is 0 Å². The van der Waals surface area contributed by atoms with Gasteiger partial charge in [0.15, 0.2) is 0 Å². The molecule has 1 rings (SSSR count). The minimum atomic E-state index is 0.868. The molecule has 2 heteroatoms. The first kappa shape index (κ1) is 9.51. The Bertz CT molecular complexity index is 227. The number of aryl methyl sites for hydroxylation is 1. The molecule has 1 aromatic rings. The molecule has 0 aliphatic carbocycles. The van der Waals surface area contributed by atoms with Crippen LogP contribution in [0.25, 0.3) is 0 Å². The van der Waals surface area contributed by atoms with Crippen molar-refractivity contribution in [3.63, 3.8) is 0 Å². The minimum absolute atomic E-state index is 0.868. The lowest BCUT2D eigenvalue weighted by Crippen LogP contribution is -1.85. The van der Waals surface area contributed by atoms with Crippen LogP contribution < -0.4 is 5.73 Å². The van der Waals surface area contributed by atoms with Gasteiger partial charge in [-0.3, -0.25) is 0 Å². The van der Waals surface area contributed by atoms with Gasteiger partial charge >= 0.3 is 0 Å². The maximum absolute atomic E-state index is 7.32. The second-order valence-corrected chi connectivity index (χ2v) is 2.08. The van der Waals surface area contributed by atoms with E-state index in [4.69, 9.17) is 11.0 Å². The van der Waals surface area contributed by atoms with Gasteiger partial charge in [0, 0.05) is 12.6 Å². The standard InChI is InChI=1S/C7H9N.C2H3N/c1-6-4-2-3-5-7(6)8;1-2-3/h2-5H,8H2,1H3;1H3. The smallest absolute Gasteiger partial charge is 0.0587 e. The fraction of sp³-hybridized carbons (Fsp3) is 0.222. The van der Waals surface area contributed by atoms with Crippen molar-refractivity contribution in [2.45, 2.75) is 13.8 Å². The zero-order valence-electron chi connectivity index (χ0n) is 6.83. The summed E-state index contributed by atoms with van der Waals surface area (Å²) in [5, 5.41) is 7.32. The van der Waals surface area contributed by atoms with E-state index in [0.29, 0.717) is 0 Å². The monoisotopic (exact) mass is 148 g/mol. The second kappa shape index (κ2) is 5.31. The minimum Gasteiger partial charge on any atom is -0.399 e. The van der Waals surface area contributed by atoms with Gasteiger partial charge in [-0.25, -0.2) is 0 Å². The van der Waals surface area contributed by atoms with Crippen LogP contribution in [0.4, 0.5) is 5.69 Å². The molecule has 0 aliphatic heterocycles. The molecule has 0 saturated heterocycles. The average molecular weight is 148 g/mol. The number of benzene rings is 1. The Morgan fingerprint density at radius 2 is 1.82 bits per heavy atom. The van der Waals surface area contributed by atoms with Gasteiger partial charge < -0.3 is 5.73 Å². The third-order valence-electron chi connectivity index (χ3n) is 1.19. The summed E-state index contributed by atoms with van der Waals surface area (Å²) < 4.78 is 0. The highest BCUT2D eigenvalue weighted by Crippen LogP contribution is 2.06. The predicted octanol–water partition coefficient (Wildman–Crippen LogP) is 2.11. The van der Waals surface area contributed by atoms with Crippen LogP contribution in [-0.2, 0) is 0 Å². The summed E-state index contributed by atoms with van der Waals surface area (Å²) in [6.07, 6.45) is 0. The lowest BCUT2D eigenvalue weighted by Gasteiger charge is -1.93. The van der Waals surface area contributed by atoms with Crippen LogP contribution >= 0.6 is 0 Å². The molecule has 0 bridgehead atoms. The summed E-state index contributed by atoms with van der Waals surface area (Å²) in [6.45, 7) is 3.43. The van der Waals surface area contributed by atoms with Crippen molar-refractivity contribution in [3.8, 4) is 6.07 Å². The fourth-order valence-corrected chi connectivity index (χ4v) is 0.587. The van der Waals surface area contributed by atoms with E-state index in [9.17, 15) is 0 Å². The summed E-state index contributed by atoms with van der Waals surface area (Å²) in [7, 11) is 0. The van der Waals surface area contributed by atoms with Crippen molar-refractivity contribution in [3.05, 3.63) is 29.8 Å². The number of nitrogens with two attached hydrogens (primary N) is 1. The van der Waals surface area contributed by atoms with Crippen molar-refractivity contribution in [2.75, 3.05) is 5.73 Å². The third kappa shape index (κ3) is 3.99. The maximum Gasteiger partial charge on any atom is 0.0587 e. The summed E-state index contributed by atoms with van der Waals surface area (Å²) >= 11 is 0. The first-order valence-corrected chi connectivity index (χ1v) is 3.34. The molecule has 0 amide bonds. The SMILES string of the molecule is CC#N.Cc1ccccc1N. The Morgan fingerprint density at radius 1 is 1.36 bits per heavy atom. The van der Waals surface area contributed by atoms with E-state index >= 15 is 0 Å². The molecule has 58 valence electrons. The second-order valence-electron chi connectivity index (χ2n) is 2.08. The number of rotatable bonds is 0. The zero-order valence-corrected chi connectivity index (χ0v) is 6.83. The summed E-state index contributed by atoms with van der Waals surface area (Å²) in [5.74, 6) is 0. The van der Waals surface area contributed by atoms with Gasteiger partial charge in [0.05, 0.1) is 6.07 Å². The first-order chi connectivity index (χ1) is 5.22. The molecule has 0 atom stereocenters. The molecule has 2 N–H and O–H groups in total. The van der Waals surface area contributed by atoms with E-state index < -0.39 is 0 Å². The van der Waals surface area contributed by atoms with E-state index in [1.165, 1.54) is 6.92 Å². The average Bonchev–Trinajstić information content (AvgIpc) is 1.97. The first-order valence-electron chi connectivity index (χ1n) is 3.34. The molecule has 0 saturated carbocycles. The molecule has 0 unspecified atom stereocenters. The van der Waals surface area contributed by atoms with Crippen molar-refractivity contribution in [1.29, 1.82) is 5.26 Å². The highest BCUT2D eigenvalue weighted by Gasteiger charge is 1.84. The van der Waals surface area contributed by atoms with Gasteiger partial charge in [0.25, 0.3) is 0 Å². The molecule has 0 spiro atoms. The maximum atomic E-state index is 7.32. The van der Waals surface area contributed by atoms with E-state index in [-0.39, 0.29) is 0 Å². The van der Waals surface area contributed by atoms with Crippen LogP contribution in [0.3, 0.4) is 0 Å². The Morgan fingerprint density at radius 3 is 2.09 bits per heavy atom. The van der Waals surface area contributed by atoms with Crippen LogP contribution in [0, 0.1) is 18.3 Å². The number of anilines is 1. The number of nitriles is 1. The van der Waals surface area contributed by atoms with E-state index in [1.54, 1.807) is 6.07 Å². The largest absolute Gasteiger partial charge is 0.399 e.